The number of hydrogen-bond acceptors (Lipinski definition) is 2. The fraction of sp³-hybridized carbons (Fsp3) is 0.636. The molecular formula is C11H15FO2. The van der Waals surface area contributed by atoms with Crippen LogP contribution in [0.1, 0.15) is 12.8 Å². The average molecular weight is 198 g/mol. The largest absolute Gasteiger partial charge is 0.396 e. The molecule has 0 aromatic rings. The van der Waals surface area contributed by atoms with Crippen molar-refractivity contribution in [3.05, 3.63) is 24.1 Å². The van der Waals surface area contributed by atoms with Gasteiger partial charge in [-0.05, 0) is 36.8 Å². The Morgan fingerprint density at radius 1 is 1.50 bits per heavy atom. The minimum Gasteiger partial charge on any atom is -0.396 e. The van der Waals surface area contributed by atoms with Gasteiger partial charge in [-0.3, -0.25) is 0 Å². The van der Waals surface area contributed by atoms with Gasteiger partial charge in [0.25, 0.3) is 0 Å². The normalized spacial score (nSPS) is 40.9. The van der Waals surface area contributed by atoms with Gasteiger partial charge in [-0.15, -0.1) is 0 Å². The van der Waals surface area contributed by atoms with Crippen LogP contribution in [0.3, 0.4) is 0 Å². The predicted octanol–water partition coefficient (Wildman–Crippen LogP) is 1.41. The maximum Gasteiger partial charge on any atom is 0.119 e. The molecule has 1 fully saturated rings. The van der Waals surface area contributed by atoms with Gasteiger partial charge in [0.2, 0.25) is 0 Å². The van der Waals surface area contributed by atoms with Gasteiger partial charge in [0.05, 0.1) is 0 Å². The van der Waals surface area contributed by atoms with Crippen LogP contribution in [0.4, 0.5) is 4.39 Å². The van der Waals surface area contributed by atoms with Crippen LogP contribution in [0.2, 0.25) is 0 Å². The van der Waals surface area contributed by atoms with Crippen LogP contribution in [-0.4, -0.2) is 23.4 Å². The van der Waals surface area contributed by atoms with E-state index in [-0.39, 0.29) is 36.3 Å². The molecule has 0 heterocycles. The third-order valence-electron chi connectivity index (χ3n) is 3.56. The molecule has 2 nitrogen and oxygen atoms in total. The number of aliphatic hydroxyl groups is 2. The van der Waals surface area contributed by atoms with Crippen LogP contribution in [0.15, 0.2) is 24.1 Å². The Hall–Kier alpha value is -0.670. The van der Waals surface area contributed by atoms with Crippen molar-refractivity contribution >= 4 is 0 Å². The van der Waals surface area contributed by atoms with Crippen molar-refractivity contribution in [3.8, 4) is 0 Å². The zero-order chi connectivity index (χ0) is 10.2. The first-order valence-electron chi connectivity index (χ1n) is 4.98. The third kappa shape index (κ3) is 1.41. The van der Waals surface area contributed by atoms with Gasteiger partial charge < -0.3 is 10.2 Å². The van der Waals surface area contributed by atoms with Crippen molar-refractivity contribution < 1.29 is 14.6 Å². The third-order valence-corrected chi connectivity index (χ3v) is 3.56. The first-order valence-corrected chi connectivity index (χ1v) is 4.98. The fourth-order valence-corrected chi connectivity index (χ4v) is 2.45. The molecule has 2 rings (SSSR count). The summed E-state index contributed by atoms with van der Waals surface area (Å²) in [5.74, 6) is -0.0274. The second kappa shape index (κ2) is 3.48. The van der Waals surface area contributed by atoms with E-state index in [2.05, 4.69) is 0 Å². The second-order valence-corrected chi connectivity index (χ2v) is 4.27. The minimum absolute atomic E-state index is 0.0422. The second-order valence-electron chi connectivity index (χ2n) is 4.27. The number of halogens is 1. The van der Waals surface area contributed by atoms with Crippen molar-refractivity contribution in [2.75, 3.05) is 13.2 Å². The molecule has 1 saturated carbocycles. The lowest BCUT2D eigenvalue weighted by molar-refractivity contribution is 0.139. The lowest BCUT2D eigenvalue weighted by atomic mass is 9.82. The standard InChI is InChI=1S/C11H15FO2/c12-10-3-1-2-8(4-10)11(7-14)5-9(11)6-13/h1,3-4,8-9,13-14H,2,5-7H2/t8?,9-,11+/m0/s1. The Bertz CT molecular complexity index is 285. The van der Waals surface area contributed by atoms with Crippen LogP contribution in [0.5, 0.6) is 0 Å². The van der Waals surface area contributed by atoms with E-state index < -0.39 is 0 Å². The summed E-state index contributed by atoms with van der Waals surface area (Å²) in [4.78, 5) is 0. The van der Waals surface area contributed by atoms with Crippen LogP contribution >= 0.6 is 0 Å². The highest BCUT2D eigenvalue weighted by Gasteiger charge is 2.57. The lowest BCUT2D eigenvalue weighted by Gasteiger charge is -2.24. The molecule has 78 valence electrons. The van der Waals surface area contributed by atoms with Gasteiger partial charge in [0.1, 0.15) is 5.83 Å². The number of rotatable bonds is 3. The highest BCUT2D eigenvalue weighted by molar-refractivity contribution is 5.23. The maximum atomic E-state index is 13.0. The predicted molar refractivity (Wildman–Crippen MR) is 51.1 cm³/mol. The van der Waals surface area contributed by atoms with Crippen molar-refractivity contribution in [2.24, 2.45) is 17.3 Å². The molecule has 2 aliphatic carbocycles. The quantitative estimate of drug-likeness (QED) is 0.719. The summed E-state index contributed by atoms with van der Waals surface area (Å²) in [7, 11) is 0. The molecule has 1 unspecified atom stereocenters. The summed E-state index contributed by atoms with van der Waals surface area (Å²) in [6.07, 6.45) is 6.40. The molecule has 14 heavy (non-hydrogen) atoms. The number of allylic oxidation sites excluding steroid dienone is 4. The molecule has 0 aromatic carbocycles. The molecule has 2 N–H and O–H groups in total. The van der Waals surface area contributed by atoms with Crippen LogP contribution in [0.25, 0.3) is 0 Å². The van der Waals surface area contributed by atoms with Crippen LogP contribution < -0.4 is 0 Å². The molecule has 3 atom stereocenters. The maximum absolute atomic E-state index is 13.0. The summed E-state index contributed by atoms with van der Waals surface area (Å²) in [5.41, 5.74) is -0.253. The smallest absolute Gasteiger partial charge is 0.119 e. The van der Waals surface area contributed by atoms with E-state index in [9.17, 15) is 9.50 Å². The highest BCUT2D eigenvalue weighted by Crippen LogP contribution is 2.59. The Morgan fingerprint density at radius 2 is 2.29 bits per heavy atom. The zero-order valence-corrected chi connectivity index (χ0v) is 7.99. The molecule has 0 bridgehead atoms. The van der Waals surface area contributed by atoms with E-state index in [1.807, 2.05) is 0 Å². The van der Waals surface area contributed by atoms with Crippen molar-refractivity contribution in [3.63, 3.8) is 0 Å². The Morgan fingerprint density at radius 3 is 2.79 bits per heavy atom. The van der Waals surface area contributed by atoms with Gasteiger partial charge in [-0.25, -0.2) is 4.39 Å². The van der Waals surface area contributed by atoms with E-state index in [0.717, 1.165) is 12.8 Å². The molecule has 0 aliphatic heterocycles. The summed E-state index contributed by atoms with van der Waals surface area (Å²) in [5, 5.41) is 18.3. The van der Waals surface area contributed by atoms with Crippen molar-refractivity contribution in [1.82, 2.24) is 0 Å². The summed E-state index contributed by atoms with van der Waals surface area (Å²) in [6, 6.07) is 0. The molecular weight excluding hydrogens is 183 g/mol. The van der Waals surface area contributed by atoms with E-state index in [0.29, 0.717) is 0 Å². The fourth-order valence-electron chi connectivity index (χ4n) is 2.45. The van der Waals surface area contributed by atoms with Gasteiger partial charge in [-0.2, -0.15) is 0 Å². The topological polar surface area (TPSA) is 40.5 Å². The van der Waals surface area contributed by atoms with Gasteiger partial charge in [-0.1, -0.05) is 6.08 Å². The highest BCUT2D eigenvalue weighted by atomic mass is 19.1. The average Bonchev–Trinajstić information content (AvgIpc) is 2.93. The van der Waals surface area contributed by atoms with Crippen LogP contribution in [-0.2, 0) is 0 Å². The molecule has 0 aromatic heterocycles. The molecule has 0 radical (unpaired) electrons. The van der Waals surface area contributed by atoms with Gasteiger partial charge in [0.15, 0.2) is 0 Å². The molecule has 0 saturated heterocycles. The van der Waals surface area contributed by atoms with Crippen molar-refractivity contribution in [2.45, 2.75) is 12.8 Å². The van der Waals surface area contributed by atoms with E-state index in [1.165, 1.54) is 6.08 Å². The first kappa shape index (κ1) is 9.87. The molecule has 2 aliphatic rings. The number of hydrogen-bond donors (Lipinski definition) is 2. The van der Waals surface area contributed by atoms with E-state index >= 15 is 0 Å². The first-order chi connectivity index (χ1) is 6.73. The number of aliphatic hydroxyl groups excluding tert-OH is 2. The van der Waals surface area contributed by atoms with E-state index in [4.69, 9.17) is 5.11 Å². The molecule has 0 amide bonds. The summed E-state index contributed by atoms with van der Waals surface area (Å²) >= 11 is 0. The minimum atomic E-state index is -0.253. The Labute approximate surface area is 82.8 Å². The van der Waals surface area contributed by atoms with E-state index in [1.54, 1.807) is 12.2 Å². The van der Waals surface area contributed by atoms with Gasteiger partial charge >= 0.3 is 0 Å². The lowest BCUT2D eigenvalue weighted by Crippen LogP contribution is -2.22. The molecule has 0 spiro atoms. The van der Waals surface area contributed by atoms with Crippen LogP contribution in [0, 0.1) is 17.3 Å². The molecule has 3 heteroatoms. The monoisotopic (exact) mass is 198 g/mol. The van der Waals surface area contributed by atoms with Crippen molar-refractivity contribution in [1.29, 1.82) is 0 Å². The van der Waals surface area contributed by atoms with Gasteiger partial charge in [0, 0.05) is 18.6 Å². The SMILES string of the molecule is OC[C@@H]1C[C@@]1(CO)C1C=C(F)C=CC1. The Kier molecular flexibility index (Phi) is 2.45. The zero-order valence-electron chi connectivity index (χ0n) is 7.99. The summed E-state index contributed by atoms with van der Waals surface area (Å²) in [6.45, 7) is 0.136. The summed E-state index contributed by atoms with van der Waals surface area (Å²) < 4.78 is 13.0. The Balaban J connectivity index is 2.12.